The summed E-state index contributed by atoms with van der Waals surface area (Å²) in [4.78, 5) is -0.151. The minimum atomic E-state index is -3.74. The molecule has 0 radical (unpaired) electrons. The van der Waals surface area contributed by atoms with Crippen molar-refractivity contribution in [3.05, 3.63) is 24.3 Å². The Bertz CT molecular complexity index is 666. The first-order chi connectivity index (χ1) is 9.10. The number of sulfonamides is 2. The van der Waals surface area contributed by atoms with Gasteiger partial charge in [0.2, 0.25) is 20.0 Å². The van der Waals surface area contributed by atoms with Crippen molar-refractivity contribution in [2.24, 2.45) is 5.92 Å². The fourth-order valence-electron chi connectivity index (χ4n) is 1.38. The van der Waals surface area contributed by atoms with E-state index in [4.69, 9.17) is 0 Å². The highest BCUT2D eigenvalue weighted by Gasteiger charge is 2.21. The van der Waals surface area contributed by atoms with Crippen LogP contribution in [0.4, 0.5) is 0 Å². The predicted molar refractivity (Wildman–Crippen MR) is 77.3 cm³/mol. The van der Waals surface area contributed by atoms with Gasteiger partial charge in [-0.2, -0.15) is 0 Å². The van der Waals surface area contributed by atoms with Crippen molar-refractivity contribution >= 4 is 20.0 Å². The van der Waals surface area contributed by atoms with E-state index >= 15 is 0 Å². The molecule has 0 aliphatic rings. The maximum atomic E-state index is 12.2. The highest BCUT2D eigenvalue weighted by Crippen LogP contribution is 2.16. The van der Waals surface area contributed by atoms with Crippen molar-refractivity contribution in [2.45, 2.75) is 36.6 Å². The lowest BCUT2D eigenvalue weighted by molar-refractivity contribution is 0.476. The van der Waals surface area contributed by atoms with Gasteiger partial charge < -0.3 is 0 Å². The van der Waals surface area contributed by atoms with Gasteiger partial charge in [0.1, 0.15) is 0 Å². The third-order valence-electron chi connectivity index (χ3n) is 3.04. The Morgan fingerprint density at radius 3 is 1.90 bits per heavy atom. The summed E-state index contributed by atoms with van der Waals surface area (Å²) < 4.78 is 52.4. The SMILES string of the molecule is CNS(=O)(=O)c1cccc(S(=O)(=O)N[C@H](C)C(C)C)c1. The van der Waals surface area contributed by atoms with Gasteiger partial charge in [-0.25, -0.2) is 26.3 Å². The normalized spacial score (nSPS) is 14.4. The monoisotopic (exact) mass is 320 g/mol. The van der Waals surface area contributed by atoms with Crippen LogP contribution < -0.4 is 9.44 Å². The van der Waals surface area contributed by atoms with Crippen molar-refractivity contribution in [1.82, 2.24) is 9.44 Å². The van der Waals surface area contributed by atoms with E-state index in [0.29, 0.717) is 0 Å². The summed E-state index contributed by atoms with van der Waals surface area (Å²) >= 11 is 0. The Balaban J connectivity index is 3.18. The van der Waals surface area contributed by atoms with Crippen LogP contribution in [0.3, 0.4) is 0 Å². The first-order valence-electron chi connectivity index (χ1n) is 6.16. The van der Waals surface area contributed by atoms with Gasteiger partial charge in [-0.1, -0.05) is 19.9 Å². The first-order valence-corrected chi connectivity index (χ1v) is 9.12. The lowest BCUT2D eigenvalue weighted by Crippen LogP contribution is -2.36. The molecule has 0 spiro atoms. The van der Waals surface area contributed by atoms with Gasteiger partial charge in [0.25, 0.3) is 0 Å². The van der Waals surface area contributed by atoms with Gasteiger partial charge in [-0.05, 0) is 38.1 Å². The van der Waals surface area contributed by atoms with Gasteiger partial charge in [0.05, 0.1) is 9.79 Å². The summed E-state index contributed by atoms with van der Waals surface area (Å²) in [5, 5.41) is 0. The lowest BCUT2D eigenvalue weighted by Gasteiger charge is -2.17. The smallest absolute Gasteiger partial charge is 0.214 e. The Morgan fingerprint density at radius 1 is 0.950 bits per heavy atom. The van der Waals surface area contributed by atoms with Crippen LogP contribution in [0.2, 0.25) is 0 Å². The highest BCUT2D eigenvalue weighted by molar-refractivity contribution is 7.90. The van der Waals surface area contributed by atoms with E-state index in [-0.39, 0.29) is 21.8 Å². The number of rotatable bonds is 6. The minimum absolute atomic E-state index is 0.0682. The molecule has 0 saturated carbocycles. The molecule has 114 valence electrons. The Labute approximate surface area is 120 Å². The summed E-state index contributed by atoms with van der Waals surface area (Å²) in [7, 11) is -6.13. The zero-order valence-corrected chi connectivity index (χ0v) is 13.5. The molecule has 0 aromatic heterocycles. The van der Waals surface area contributed by atoms with Crippen molar-refractivity contribution in [3.8, 4) is 0 Å². The lowest BCUT2D eigenvalue weighted by atomic mass is 10.1. The molecule has 20 heavy (non-hydrogen) atoms. The van der Waals surface area contributed by atoms with Crippen LogP contribution in [-0.4, -0.2) is 29.9 Å². The van der Waals surface area contributed by atoms with Crippen molar-refractivity contribution in [2.75, 3.05) is 7.05 Å². The molecule has 0 amide bonds. The summed E-state index contributed by atoms with van der Waals surface area (Å²) in [5.74, 6) is 0.133. The number of hydrogen-bond donors (Lipinski definition) is 2. The molecule has 6 nitrogen and oxygen atoms in total. The van der Waals surface area contributed by atoms with Gasteiger partial charge in [-0.3, -0.25) is 0 Å². The van der Waals surface area contributed by atoms with Crippen LogP contribution in [0.5, 0.6) is 0 Å². The zero-order chi connectivity index (χ0) is 15.6. The molecular formula is C12H20N2O4S2. The molecule has 2 N–H and O–H groups in total. The van der Waals surface area contributed by atoms with Crippen LogP contribution in [0.25, 0.3) is 0 Å². The van der Waals surface area contributed by atoms with E-state index in [0.717, 1.165) is 6.07 Å². The van der Waals surface area contributed by atoms with E-state index in [9.17, 15) is 16.8 Å². The second-order valence-electron chi connectivity index (χ2n) is 4.84. The molecular weight excluding hydrogens is 300 g/mol. The molecule has 0 aliphatic carbocycles. The molecule has 0 aliphatic heterocycles. The fourth-order valence-corrected chi connectivity index (χ4v) is 3.66. The quantitative estimate of drug-likeness (QED) is 0.815. The standard InChI is InChI=1S/C12H20N2O4S2/c1-9(2)10(3)14-20(17,18)12-7-5-6-11(8-12)19(15,16)13-4/h5-10,13-14H,1-4H3/t10-/m1/s1. The fraction of sp³-hybridized carbons (Fsp3) is 0.500. The average molecular weight is 320 g/mol. The van der Waals surface area contributed by atoms with Crippen LogP contribution in [-0.2, 0) is 20.0 Å². The largest absolute Gasteiger partial charge is 0.240 e. The molecule has 0 saturated heterocycles. The Hall–Kier alpha value is -0.960. The van der Waals surface area contributed by atoms with Crippen LogP contribution in [0.15, 0.2) is 34.1 Å². The molecule has 0 unspecified atom stereocenters. The molecule has 0 bridgehead atoms. The first kappa shape index (κ1) is 17.1. The molecule has 0 fully saturated rings. The number of nitrogens with one attached hydrogen (secondary N) is 2. The topological polar surface area (TPSA) is 92.3 Å². The summed E-state index contributed by atoms with van der Waals surface area (Å²) in [5.41, 5.74) is 0. The average Bonchev–Trinajstić information content (AvgIpc) is 2.38. The Kier molecular flexibility index (Phi) is 5.31. The molecule has 1 rings (SSSR count). The van der Waals surface area contributed by atoms with E-state index in [1.54, 1.807) is 6.92 Å². The van der Waals surface area contributed by atoms with Gasteiger partial charge >= 0.3 is 0 Å². The number of hydrogen-bond acceptors (Lipinski definition) is 4. The van der Waals surface area contributed by atoms with Crippen molar-refractivity contribution in [1.29, 1.82) is 0 Å². The van der Waals surface area contributed by atoms with Crippen molar-refractivity contribution < 1.29 is 16.8 Å². The maximum Gasteiger partial charge on any atom is 0.240 e. The Morgan fingerprint density at radius 2 is 1.45 bits per heavy atom. The molecule has 1 aromatic carbocycles. The van der Waals surface area contributed by atoms with Crippen molar-refractivity contribution in [3.63, 3.8) is 0 Å². The summed E-state index contributed by atoms with van der Waals surface area (Å²) in [6.45, 7) is 5.56. The van der Waals surface area contributed by atoms with Crippen LogP contribution in [0.1, 0.15) is 20.8 Å². The molecule has 1 aromatic rings. The minimum Gasteiger partial charge on any atom is -0.214 e. The highest BCUT2D eigenvalue weighted by atomic mass is 32.2. The van der Waals surface area contributed by atoms with E-state index in [1.807, 2.05) is 13.8 Å². The van der Waals surface area contributed by atoms with E-state index < -0.39 is 20.0 Å². The van der Waals surface area contributed by atoms with Crippen LogP contribution >= 0.6 is 0 Å². The molecule has 0 heterocycles. The third-order valence-corrected chi connectivity index (χ3v) is 6.00. The molecule has 8 heteroatoms. The van der Waals surface area contributed by atoms with Gasteiger partial charge in [-0.15, -0.1) is 0 Å². The second-order valence-corrected chi connectivity index (χ2v) is 8.44. The summed E-state index contributed by atoms with van der Waals surface area (Å²) in [6, 6.07) is 5.01. The predicted octanol–water partition coefficient (Wildman–Crippen LogP) is 0.917. The second kappa shape index (κ2) is 6.21. The van der Waals surface area contributed by atoms with E-state index in [2.05, 4.69) is 9.44 Å². The van der Waals surface area contributed by atoms with Crippen LogP contribution in [0, 0.1) is 5.92 Å². The number of benzene rings is 1. The third kappa shape index (κ3) is 4.02. The maximum absolute atomic E-state index is 12.2. The van der Waals surface area contributed by atoms with Gasteiger partial charge in [0, 0.05) is 6.04 Å². The van der Waals surface area contributed by atoms with E-state index in [1.165, 1.54) is 25.2 Å². The summed E-state index contributed by atoms with van der Waals surface area (Å²) in [6.07, 6.45) is 0. The molecule has 1 atom stereocenters. The van der Waals surface area contributed by atoms with Gasteiger partial charge in [0.15, 0.2) is 0 Å². The zero-order valence-electron chi connectivity index (χ0n) is 11.9.